The summed E-state index contributed by atoms with van der Waals surface area (Å²) in [5, 5.41) is 0. The number of benzene rings is 2. The lowest BCUT2D eigenvalue weighted by Crippen LogP contribution is -2.49. The van der Waals surface area contributed by atoms with Crippen LogP contribution in [-0.2, 0) is 10.0 Å². The first kappa shape index (κ1) is 22.1. The van der Waals surface area contributed by atoms with Gasteiger partial charge < -0.3 is 10.6 Å². The van der Waals surface area contributed by atoms with Gasteiger partial charge in [-0.3, -0.25) is 4.79 Å². The molecule has 1 aliphatic heterocycles. The number of likely N-dealkylation sites (tertiary alicyclic amines) is 1. The first-order chi connectivity index (χ1) is 12.8. The monoisotopic (exact) mass is 427 g/mol. The number of rotatable bonds is 4. The fourth-order valence-corrected chi connectivity index (χ4v) is 4.51. The summed E-state index contributed by atoms with van der Waals surface area (Å²) in [4.78, 5) is 14.3. The molecule has 0 spiro atoms. The first-order valence-corrected chi connectivity index (χ1v) is 10.2. The zero-order valence-corrected chi connectivity index (χ0v) is 17.0. The Bertz CT molecular complexity index is 969. The van der Waals surface area contributed by atoms with Gasteiger partial charge in [-0.2, -0.15) is 0 Å². The van der Waals surface area contributed by atoms with E-state index >= 15 is 0 Å². The molecule has 0 aliphatic carbocycles. The number of amides is 1. The highest BCUT2D eigenvalue weighted by Crippen LogP contribution is 2.20. The van der Waals surface area contributed by atoms with Crippen LogP contribution >= 0.6 is 12.4 Å². The number of nitrogen functional groups attached to an aromatic ring is 1. The number of anilines is 1. The topological polar surface area (TPSA) is 92.5 Å². The number of halogens is 2. The number of nitrogens with zero attached hydrogens (tertiary/aromatic N) is 1. The van der Waals surface area contributed by atoms with Crippen LogP contribution in [0.1, 0.15) is 28.8 Å². The minimum Gasteiger partial charge on any atom is -0.399 e. The van der Waals surface area contributed by atoms with Crippen molar-refractivity contribution in [1.82, 2.24) is 9.62 Å². The van der Waals surface area contributed by atoms with E-state index in [2.05, 4.69) is 4.72 Å². The van der Waals surface area contributed by atoms with Gasteiger partial charge in [0.2, 0.25) is 10.0 Å². The Hall–Kier alpha value is -2.16. The van der Waals surface area contributed by atoms with E-state index in [1.54, 1.807) is 23.1 Å². The predicted octanol–water partition coefficient (Wildman–Crippen LogP) is 2.72. The lowest BCUT2D eigenvalue weighted by molar-refractivity contribution is 0.0702. The molecule has 9 heteroatoms. The van der Waals surface area contributed by atoms with Crippen LogP contribution in [0.25, 0.3) is 0 Å². The van der Waals surface area contributed by atoms with E-state index in [9.17, 15) is 17.6 Å². The third-order valence-corrected chi connectivity index (χ3v) is 6.15. The Morgan fingerprint density at radius 2 is 2.00 bits per heavy atom. The Labute approximate surface area is 170 Å². The average molecular weight is 428 g/mol. The van der Waals surface area contributed by atoms with E-state index in [0.717, 1.165) is 11.6 Å². The zero-order valence-electron chi connectivity index (χ0n) is 15.4. The summed E-state index contributed by atoms with van der Waals surface area (Å²) >= 11 is 0. The second-order valence-electron chi connectivity index (χ2n) is 6.74. The van der Waals surface area contributed by atoms with Gasteiger partial charge in [-0.05, 0) is 55.7 Å². The molecule has 3 N–H and O–H groups in total. The molecule has 2 aromatic carbocycles. The van der Waals surface area contributed by atoms with Crippen molar-refractivity contribution >= 4 is 34.0 Å². The molecule has 3 rings (SSSR count). The number of hydrogen-bond donors (Lipinski definition) is 2. The van der Waals surface area contributed by atoms with E-state index < -0.39 is 21.9 Å². The summed E-state index contributed by atoms with van der Waals surface area (Å²) in [6.07, 6.45) is 1.28. The third-order valence-electron chi connectivity index (χ3n) is 4.63. The molecule has 6 nitrogen and oxygen atoms in total. The molecule has 2 aromatic rings. The number of nitrogens with one attached hydrogen (secondary N) is 1. The molecule has 1 aliphatic rings. The maximum atomic E-state index is 13.3. The quantitative estimate of drug-likeness (QED) is 0.734. The predicted molar refractivity (Wildman–Crippen MR) is 108 cm³/mol. The number of nitrogens with two attached hydrogens (primary N) is 1. The highest BCUT2D eigenvalue weighted by Gasteiger charge is 2.28. The maximum absolute atomic E-state index is 13.3. The number of carbonyl (C=O) groups is 1. The molecule has 1 amide bonds. The average Bonchev–Trinajstić information content (AvgIpc) is 2.63. The van der Waals surface area contributed by atoms with Gasteiger partial charge in [0.05, 0.1) is 4.90 Å². The summed E-state index contributed by atoms with van der Waals surface area (Å²) in [7, 11) is -3.86. The Balaban J connectivity index is 0.00000280. The highest BCUT2D eigenvalue weighted by atomic mass is 35.5. The van der Waals surface area contributed by atoms with Gasteiger partial charge in [0.15, 0.2) is 0 Å². The Morgan fingerprint density at radius 1 is 1.25 bits per heavy atom. The second-order valence-corrected chi connectivity index (χ2v) is 8.46. The van der Waals surface area contributed by atoms with Crippen molar-refractivity contribution < 1.29 is 17.6 Å². The van der Waals surface area contributed by atoms with Gasteiger partial charge in [0.1, 0.15) is 5.82 Å². The van der Waals surface area contributed by atoms with Gasteiger partial charge in [0.25, 0.3) is 5.91 Å². The Kier molecular flexibility index (Phi) is 7.03. The van der Waals surface area contributed by atoms with Gasteiger partial charge in [-0.15, -0.1) is 12.4 Å². The smallest absolute Gasteiger partial charge is 0.254 e. The number of sulfonamides is 1. The van der Waals surface area contributed by atoms with Crippen molar-refractivity contribution in [2.24, 2.45) is 0 Å². The van der Waals surface area contributed by atoms with Crippen LogP contribution < -0.4 is 10.5 Å². The molecule has 0 aromatic heterocycles. The largest absolute Gasteiger partial charge is 0.399 e. The van der Waals surface area contributed by atoms with Crippen LogP contribution in [0.15, 0.2) is 47.4 Å². The van der Waals surface area contributed by atoms with Crippen molar-refractivity contribution in [3.63, 3.8) is 0 Å². The van der Waals surface area contributed by atoms with Crippen LogP contribution in [-0.4, -0.2) is 38.4 Å². The van der Waals surface area contributed by atoms with Gasteiger partial charge in [0, 0.05) is 30.4 Å². The summed E-state index contributed by atoms with van der Waals surface area (Å²) in [5.41, 5.74) is 7.63. The minimum atomic E-state index is -3.86. The summed E-state index contributed by atoms with van der Waals surface area (Å²) in [5.74, 6) is -0.787. The van der Waals surface area contributed by atoms with Crippen molar-refractivity contribution in [2.75, 3.05) is 18.8 Å². The molecule has 1 atom stereocenters. The van der Waals surface area contributed by atoms with Gasteiger partial charge in [-0.25, -0.2) is 17.5 Å². The first-order valence-electron chi connectivity index (χ1n) is 8.69. The molecular formula is C19H23ClFN3O3S. The van der Waals surface area contributed by atoms with Crippen molar-refractivity contribution in [3.8, 4) is 0 Å². The van der Waals surface area contributed by atoms with Crippen LogP contribution in [0.4, 0.5) is 10.1 Å². The summed E-state index contributed by atoms with van der Waals surface area (Å²) in [6.45, 7) is 2.63. The SMILES string of the molecule is Cc1ccc(N)cc1C(=O)N1CCCC(NS(=O)(=O)c2cccc(F)c2)C1.Cl. The molecule has 1 unspecified atom stereocenters. The van der Waals surface area contributed by atoms with Gasteiger partial charge in [-0.1, -0.05) is 12.1 Å². The van der Waals surface area contributed by atoms with E-state index in [0.29, 0.717) is 30.6 Å². The van der Waals surface area contributed by atoms with E-state index in [4.69, 9.17) is 5.73 Å². The van der Waals surface area contributed by atoms with Crippen molar-refractivity contribution in [1.29, 1.82) is 0 Å². The van der Waals surface area contributed by atoms with Crippen molar-refractivity contribution in [2.45, 2.75) is 30.7 Å². The molecule has 0 radical (unpaired) electrons. The van der Waals surface area contributed by atoms with Crippen molar-refractivity contribution in [3.05, 3.63) is 59.4 Å². The highest BCUT2D eigenvalue weighted by molar-refractivity contribution is 7.89. The number of aryl methyl sites for hydroxylation is 1. The fourth-order valence-electron chi connectivity index (χ4n) is 3.22. The summed E-state index contributed by atoms with van der Waals surface area (Å²) in [6, 6.07) is 9.58. The second kappa shape index (κ2) is 8.89. The molecule has 1 heterocycles. The molecule has 152 valence electrons. The standard InChI is InChI=1S/C19H22FN3O3S.ClH/c1-13-7-8-15(21)11-18(13)19(24)23-9-3-5-16(12-23)22-27(25,26)17-6-2-4-14(20)10-17;/h2,4,6-8,10-11,16,22H,3,5,9,12,21H2,1H3;1H. The van der Waals surface area contributed by atoms with Crippen LogP contribution in [0.5, 0.6) is 0 Å². The van der Waals surface area contributed by atoms with Crippen LogP contribution in [0, 0.1) is 12.7 Å². The normalized spacial score (nSPS) is 17.1. The minimum absolute atomic E-state index is 0. The van der Waals surface area contributed by atoms with Crippen LogP contribution in [0.2, 0.25) is 0 Å². The fraction of sp³-hybridized carbons (Fsp3) is 0.316. The van der Waals surface area contributed by atoms with E-state index in [1.165, 1.54) is 18.2 Å². The number of hydrogen-bond acceptors (Lipinski definition) is 4. The van der Waals surface area contributed by atoms with E-state index in [-0.39, 0.29) is 29.8 Å². The lowest BCUT2D eigenvalue weighted by Gasteiger charge is -2.33. The zero-order chi connectivity index (χ0) is 19.6. The summed E-state index contributed by atoms with van der Waals surface area (Å²) < 4.78 is 40.9. The molecular weight excluding hydrogens is 405 g/mol. The molecule has 0 saturated carbocycles. The molecule has 1 fully saturated rings. The molecule has 0 bridgehead atoms. The molecule has 1 saturated heterocycles. The van der Waals surface area contributed by atoms with Crippen LogP contribution in [0.3, 0.4) is 0 Å². The van der Waals surface area contributed by atoms with Gasteiger partial charge >= 0.3 is 0 Å². The number of piperidine rings is 1. The number of carbonyl (C=O) groups excluding carboxylic acids is 1. The van der Waals surface area contributed by atoms with E-state index in [1.807, 2.05) is 6.92 Å². The Morgan fingerprint density at radius 3 is 2.71 bits per heavy atom. The third kappa shape index (κ3) is 5.01. The maximum Gasteiger partial charge on any atom is 0.254 e. The molecule has 28 heavy (non-hydrogen) atoms. The lowest BCUT2D eigenvalue weighted by atomic mass is 10.0.